The molecular formula is C16H12BrN3O2S. The van der Waals surface area contributed by atoms with Crippen LogP contribution in [0, 0.1) is 0 Å². The molecule has 0 amide bonds. The van der Waals surface area contributed by atoms with Crippen molar-refractivity contribution in [1.82, 2.24) is 9.97 Å². The standard InChI is InChI=1S/C16H12BrN3O2S/c17-11-3-1-2-10(6-11)7-21-8-18-16-20-12-4-5-13-14(15(12)22-16)19-9-23-13/h1-6,9H,7-8H2,(H,18,20). The molecule has 0 spiro atoms. The first kappa shape index (κ1) is 14.6. The maximum atomic E-state index is 5.75. The predicted octanol–water partition coefficient (Wildman–Crippen LogP) is 4.79. The van der Waals surface area contributed by atoms with Crippen molar-refractivity contribution < 1.29 is 9.15 Å². The third-order valence-corrected chi connectivity index (χ3v) is 4.63. The Bertz CT molecular complexity index is 966. The van der Waals surface area contributed by atoms with Gasteiger partial charge in [-0.3, -0.25) is 0 Å². The molecule has 2 aromatic carbocycles. The number of thiazole rings is 1. The van der Waals surface area contributed by atoms with Crippen LogP contribution in [0.15, 0.2) is 50.8 Å². The first-order chi connectivity index (χ1) is 11.3. The zero-order valence-corrected chi connectivity index (χ0v) is 14.4. The van der Waals surface area contributed by atoms with Gasteiger partial charge in [0.1, 0.15) is 17.8 Å². The van der Waals surface area contributed by atoms with E-state index in [4.69, 9.17) is 9.15 Å². The minimum atomic E-state index is 0.319. The summed E-state index contributed by atoms with van der Waals surface area (Å²) in [5.74, 6) is 0. The summed E-state index contributed by atoms with van der Waals surface area (Å²) in [6.45, 7) is 0.836. The monoisotopic (exact) mass is 389 g/mol. The van der Waals surface area contributed by atoms with E-state index in [1.54, 1.807) is 16.8 Å². The number of aromatic nitrogens is 2. The van der Waals surface area contributed by atoms with Crippen molar-refractivity contribution in [3.8, 4) is 0 Å². The van der Waals surface area contributed by atoms with Crippen LogP contribution in [0.3, 0.4) is 0 Å². The molecule has 0 aliphatic heterocycles. The summed E-state index contributed by atoms with van der Waals surface area (Å²) in [6.07, 6.45) is 0. The molecule has 0 aliphatic carbocycles. The van der Waals surface area contributed by atoms with E-state index in [1.165, 1.54) is 0 Å². The summed E-state index contributed by atoms with van der Waals surface area (Å²) < 4.78 is 13.5. The number of nitrogens with one attached hydrogen (secondary N) is 1. The van der Waals surface area contributed by atoms with Crippen LogP contribution in [0.25, 0.3) is 21.3 Å². The molecule has 2 aromatic heterocycles. The molecule has 4 rings (SSSR count). The van der Waals surface area contributed by atoms with E-state index in [1.807, 2.05) is 36.4 Å². The summed E-state index contributed by atoms with van der Waals surface area (Å²) in [5, 5.41) is 3.04. The summed E-state index contributed by atoms with van der Waals surface area (Å²) >= 11 is 5.03. The molecule has 0 saturated heterocycles. The minimum absolute atomic E-state index is 0.319. The van der Waals surface area contributed by atoms with Gasteiger partial charge in [-0.2, -0.15) is 4.98 Å². The minimum Gasteiger partial charge on any atom is -0.421 e. The second-order valence-corrected chi connectivity index (χ2v) is 6.73. The second kappa shape index (κ2) is 6.27. The van der Waals surface area contributed by atoms with Crippen molar-refractivity contribution >= 4 is 54.6 Å². The third-order valence-electron chi connectivity index (χ3n) is 3.34. The average Bonchev–Trinajstić information content (AvgIpc) is 3.17. The highest BCUT2D eigenvalue weighted by atomic mass is 79.9. The van der Waals surface area contributed by atoms with Crippen LogP contribution in [0.2, 0.25) is 0 Å². The van der Waals surface area contributed by atoms with Gasteiger partial charge in [-0.1, -0.05) is 28.1 Å². The van der Waals surface area contributed by atoms with Crippen LogP contribution in [-0.4, -0.2) is 16.7 Å². The fraction of sp³-hybridized carbons (Fsp3) is 0.125. The zero-order valence-electron chi connectivity index (χ0n) is 12.0. The molecule has 0 unspecified atom stereocenters. The Hall–Kier alpha value is -1.96. The lowest BCUT2D eigenvalue weighted by Gasteiger charge is -2.04. The Balaban J connectivity index is 1.42. The molecule has 0 saturated carbocycles. The van der Waals surface area contributed by atoms with Gasteiger partial charge in [0.05, 0.1) is 16.8 Å². The molecule has 2 heterocycles. The molecule has 0 bridgehead atoms. The Kier molecular flexibility index (Phi) is 3.99. The molecule has 23 heavy (non-hydrogen) atoms. The van der Waals surface area contributed by atoms with E-state index in [0.717, 1.165) is 25.8 Å². The van der Waals surface area contributed by atoms with E-state index in [2.05, 4.69) is 31.2 Å². The molecule has 0 aliphatic rings. The number of hydrogen-bond donors (Lipinski definition) is 1. The number of nitrogens with zero attached hydrogens (tertiary/aromatic N) is 2. The molecule has 116 valence electrons. The highest BCUT2D eigenvalue weighted by Crippen LogP contribution is 2.28. The van der Waals surface area contributed by atoms with Crippen molar-refractivity contribution in [1.29, 1.82) is 0 Å². The van der Waals surface area contributed by atoms with Crippen LogP contribution in [0.4, 0.5) is 6.01 Å². The predicted molar refractivity (Wildman–Crippen MR) is 94.6 cm³/mol. The summed E-state index contributed by atoms with van der Waals surface area (Å²) in [5.41, 5.74) is 5.25. The zero-order chi connectivity index (χ0) is 15.6. The van der Waals surface area contributed by atoms with Crippen LogP contribution < -0.4 is 5.32 Å². The highest BCUT2D eigenvalue weighted by Gasteiger charge is 2.10. The van der Waals surface area contributed by atoms with Gasteiger partial charge in [0.15, 0.2) is 5.58 Å². The SMILES string of the molecule is Brc1cccc(COCNc2nc3ccc4scnc4c3o2)c1. The van der Waals surface area contributed by atoms with Gasteiger partial charge in [0.2, 0.25) is 0 Å². The Morgan fingerprint density at radius 1 is 1.26 bits per heavy atom. The van der Waals surface area contributed by atoms with E-state index >= 15 is 0 Å². The van der Waals surface area contributed by atoms with Gasteiger partial charge in [-0.05, 0) is 29.8 Å². The summed E-state index contributed by atoms with van der Waals surface area (Å²) in [6, 6.07) is 12.4. The van der Waals surface area contributed by atoms with Gasteiger partial charge in [0, 0.05) is 4.47 Å². The number of rotatable bonds is 5. The summed E-state index contributed by atoms with van der Waals surface area (Å²) in [7, 11) is 0. The number of benzene rings is 2. The molecule has 0 radical (unpaired) electrons. The Labute approximate surface area is 144 Å². The first-order valence-electron chi connectivity index (χ1n) is 6.98. The molecule has 7 heteroatoms. The van der Waals surface area contributed by atoms with E-state index < -0.39 is 0 Å². The lowest BCUT2D eigenvalue weighted by atomic mass is 10.2. The topological polar surface area (TPSA) is 60.2 Å². The number of hydrogen-bond acceptors (Lipinski definition) is 6. The quantitative estimate of drug-likeness (QED) is 0.392. The maximum absolute atomic E-state index is 5.75. The second-order valence-electron chi connectivity index (χ2n) is 4.93. The Morgan fingerprint density at radius 3 is 3.13 bits per heavy atom. The van der Waals surface area contributed by atoms with Crippen molar-refractivity contribution in [2.24, 2.45) is 0 Å². The fourth-order valence-electron chi connectivity index (χ4n) is 2.30. The number of halogens is 1. The van der Waals surface area contributed by atoms with Gasteiger partial charge in [0.25, 0.3) is 6.01 Å². The number of fused-ring (bicyclic) bond motifs is 3. The summed E-state index contributed by atoms with van der Waals surface area (Å²) in [4.78, 5) is 8.73. The van der Waals surface area contributed by atoms with Crippen molar-refractivity contribution in [3.05, 3.63) is 51.9 Å². The third kappa shape index (κ3) is 3.08. The lowest BCUT2D eigenvalue weighted by Crippen LogP contribution is -2.06. The van der Waals surface area contributed by atoms with E-state index in [-0.39, 0.29) is 0 Å². The van der Waals surface area contributed by atoms with Gasteiger partial charge >= 0.3 is 0 Å². The molecule has 0 atom stereocenters. The smallest absolute Gasteiger partial charge is 0.297 e. The van der Waals surface area contributed by atoms with Crippen LogP contribution >= 0.6 is 27.3 Å². The van der Waals surface area contributed by atoms with E-state index in [0.29, 0.717) is 24.9 Å². The largest absolute Gasteiger partial charge is 0.421 e. The number of ether oxygens (including phenoxy) is 1. The van der Waals surface area contributed by atoms with Gasteiger partial charge < -0.3 is 14.5 Å². The number of anilines is 1. The molecule has 5 nitrogen and oxygen atoms in total. The molecule has 1 N–H and O–H groups in total. The maximum Gasteiger partial charge on any atom is 0.297 e. The fourth-order valence-corrected chi connectivity index (χ4v) is 3.42. The highest BCUT2D eigenvalue weighted by molar-refractivity contribution is 9.10. The normalized spacial score (nSPS) is 11.3. The van der Waals surface area contributed by atoms with Crippen molar-refractivity contribution in [2.45, 2.75) is 6.61 Å². The Morgan fingerprint density at radius 2 is 2.22 bits per heavy atom. The molecule has 4 aromatic rings. The van der Waals surface area contributed by atoms with Crippen molar-refractivity contribution in [3.63, 3.8) is 0 Å². The average molecular weight is 390 g/mol. The first-order valence-corrected chi connectivity index (χ1v) is 8.66. The lowest BCUT2D eigenvalue weighted by molar-refractivity contribution is 0.137. The van der Waals surface area contributed by atoms with Crippen LogP contribution in [0.1, 0.15) is 5.56 Å². The van der Waals surface area contributed by atoms with Crippen molar-refractivity contribution in [2.75, 3.05) is 12.0 Å². The van der Waals surface area contributed by atoms with Crippen LogP contribution in [0.5, 0.6) is 0 Å². The molecular weight excluding hydrogens is 378 g/mol. The van der Waals surface area contributed by atoms with E-state index in [9.17, 15) is 0 Å². The number of oxazole rings is 1. The van der Waals surface area contributed by atoms with Gasteiger partial charge in [-0.15, -0.1) is 11.3 Å². The van der Waals surface area contributed by atoms with Crippen LogP contribution in [-0.2, 0) is 11.3 Å². The van der Waals surface area contributed by atoms with Gasteiger partial charge in [-0.25, -0.2) is 4.98 Å². The molecule has 0 fully saturated rings.